The molecule has 0 bridgehead atoms. The predicted octanol–water partition coefficient (Wildman–Crippen LogP) is -2.34. The van der Waals surface area contributed by atoms with E-state index in [4.69, 9.17) is 11.5 Å². The second kappa shape index (κ2) is 1.70. The highest BCUT2D eigenvalue weighted by Crippen LogP contribution is 1.94. The van der Waals surface area contributed by atoms with Crippen LogP contribution in [0.3, 0.4) is 0 Å². The van der Waals surface area contributed by atoms with Crippen LogP contribution in [0.5, 0.6) is 0 Å². The Morgan fingerprint density at radius 1 is 1.62 bits per heavy atom. The molecular weight excluding hydrogens is 110 g/mol. The lowest BCUT2D eigenvalue weighted by atomic mass is 10.3. The molecule has 1 aliphatic heterocycles. The first-order valence-electron chi connectivity index (χ1n) is 2.18. The number of rotatable bonds is 0. The molecule has 0 aromatic heterocycles. The van der Waals surface area contributed by atoms with Gasteiger partial charge in [0.2, 0.25) is 0 Å². The van der Waals surface area contributed by atoms with E-state index in [1.54, 1.807) is 0 Å². The Morgan fingerprint density at radius 3 is 2.38 bits per heavy atom. The van der Waals surface area contributed by atoms with E-state index in [-0.39, 0.29) is 5.91 Å². The van der Waals surface area contributed by atoms with E-state index in [1.807, 2.05) is 5.48 Å². The van der Waals surface area contributed by atoms with Crippen molar-refractivity contribution in [1.82, 2.24) is 5.48 Å². The summed E-state index contributed by atoms with van der Waals surface area (Å²) < 4.78 is 0. The first-order valence-corrected chi connectivity index (χ1v) is 2.18. The van der Waals surface area contributed by atoms with Crippen molar-refractivity contribution in [3.8, 4) is 0 Å². The van der Waals surface area contributed by atoms with Crippen molar-refractivity contribution in [1.29, 1.82) is 0 Å². The Hall–Kier alpha value is -0.650. The van der Waals surface area contributed by atoms with Gasteiger partial charge in [-0.25, -0.2) is 5.48 Å². The maximum absolute atomic E-state index is 10.3. The zero-order valence-electron chi connectivity index (χ0n) is 4.13. The molecule has 0 aromatic rings. The number of nitrogens with two attached hydrogens (primary N) is 2. The molecule has 1 aliphatic rings. The molecule has 46 valence electrons. The van der Waals surface area contributed by atoms with Gasteiger partial charge in [0.25, 0.3) is 5.91 Å². The van der Waals surface area contributed by atoms with Crippen LogP contribution in [0.25, 0.3) is 0 Å². The highest BCUT2D eigenvalue weighted by molar-refractivity contribution is 5.82. The number of amides is 1. The quantitative estimate of drug-likeness (QED) is 0.331. The summed E-state index contributed by atoms with van der Waals surface area (Å²) in [7, 11) is 0. The van der Waals surface area contributed by atoms with Gasteiger partial charge in [-0.15, -0.1) is 0 Å². The van der Waals surface area contributed by atoms with Crippen molar-refractivity contribution in [2.75, 3.05) is 0 Å². The Bertz CT molecular complexity index is 115. The Kier molecular flexibility index (Phi) is 1.16. The molecule has 1 heterocycles. The fourth-order valence-electron chi connectivity index (χ4n) is 0.417. The average molecular weight is 117 g/mol. The van der Waals surface area contributed by atoms with Crippen LogP contribution in [0.4, 0.5) is 0 Å². The van der Waals surface area contributed by atoms with Crippen LogP contribution in [0.2, 0.25) is 0 Å². The molecule has 0 radical (unpaired) electrons. The van der Waals surface area contributed by atoms with Crippen molar-refractivity contribution in [3.05, 3.63) is 0 Å². The molecule has 2 atom stereocenters. The van der Waals surface area contributed by atoms with Crippen molar-refractivity contribution < 1.29 is 9.63 Å². The fraction of sp³-hybridized carbons (Fsp3) is 0.667. The highest BCUT2D eigenvalue weighted by atomic mass is 16.7. The highest BCUT2D eigenvalue weighted by Gasteiger charge is 2.29. The summed E-state index contributed by atoms with van der Waals surface area (Å²) in [6.07, 6.45) is -0.692. The molecular formula is C3H7N3O2. The molecule has 5 N–H and O–H groups in total. The summed E-state index contributed by atoms with van der Waals surface area (Å²) in [4.78, 5) is 14.8. The van der Waals surface area contributed by atoms with Crippen molar-refractivity contribution in [3.63, 3.8) is 0 Å². The van der Waals surface area contributed by atoms with E-state index < -0.39 is 12.3 Å². The van der Waals surface area contributed by atoms with Gasteiger partial charge in [0.05, 0.1) is 0 Å². The van der Waals surface area contributed by atoms with Gasteiger partial charge < -0.3 is 11.5 Å². The molecule has 2 unspecified atom stereocenters. The number of hydrogen-bond acceptors (Lipinski definition) is 4. The molecule has 0 spiro atoms. The number of carbonyl (C=O) groups is 1. The minimum atomic E-state index is -0.713. The minimum absolute atomic E-state index is 0.363. The number of hydroxylamine groups is 1. The summed E-state index contributed by atoms with van der Waals surface area (Å²) in [5.41, 5.74) is 12.3. The van der Waals surface area contributed by atoms with Crippen LogP contribution in [0, 0.1) is 0 Å². The van der Waals surface area contributed by atoms with Gasteiger partial charge in [0.1, 0.15) is 6.04 Å². The van der Waals surface area contributed by atoms with Gasteiger partial charge in [-0.05, 0) is 0 Å². The maximum atomic E-state index is 10.3. The van der Waals surface area contributed by atoms with Gasteiger partial charge >= 0.3 is 0 Å². The monoisotopic (exact) mass is 117 g/mol. The summed E-state index contributed by atoms with van der Waals surface area (Å²) in [6.45, 7) is 0. The SMILES string of the molecule is NC1ONC(=O)C1N. The molecule has 0 aromatic carbocycles. The molecule has 1 amide bonds. The molecule has 8 heavy (non-hydrogen) atoms. The first kappa shape index (κ1) is 5.49. The van der Waals surface area contributed by atoms with E-state index in [2.05, 4.69) is 4.84 Å². The predicted molar refractivity (Wildman–Crippen MR) is 25.2 cm³/mol. The maximum Gasteiger partial charge on any atom is 0.264 e. The van der Waals surface area contributed by atoms with Crippen LogP contribution in [-0.2, 0) is 9.63 Å². The largest absolute Gasteiger partial charge is 0.316 e. The lowest BCUT2D eigenvalue weighted by Gasteiger charge is -2.00. The van der Waals surface area contributed by atoms with Gasteiger partial charge in [0.15, 0.2) is 6.23 Å². The van der Waals surface area contributed by atoms with Crippen molar-refractivity contribution in [2.24, 2.45) is 11.5 Å². The third kappa shape index (κ3) is 0.664. The summed E-state index contributed by atoms with van der Waals surface area (Å²) in [6, 6.07) is -0.713. The lowest BCUT2D eigenvalue weighted by molar-refractivity contribution is -0.125. The fourth-order valence-corrected chi connectivity index (χ4v) is 0.417. The third-order valence-electron chi connectivity index (χ3n) is 0.952. The molecule has 1 rings (SSSR count). The summed E-state index contributed by atoms with van der Waals surface area (Å²) >= 11 is 0. The van der Waals surface area contributed by atoms with Gasteiger partial charge in [-0.1, -0.05) is 0 Å². The third-order valence-corrected chi connectivity index (χ3v) is 0.952. The molecule has 1 fully saturated rings. The molecule has 0 aliphatic carbocycles. The number of hydrogen-bond donors (Lipinski definition) is 3. The van der Waals surface area contributed by atoms with Crippen LogP contribution in [0.1, 0.15) is 0 Å². The van der Waals surface area contributed by atoms with E-state index in [0.29, 0.717) is 0 Å². The standard InChI is InChI=1S/C3H7N3O2/c4-1-2(5)8-6-3(1)7/h1-2H,4-5H2,(H,6,7). The second-order valence-electron chi connectivity index (χ2n) is 1.57. The lowest BCUT2D eigenvalue weighted by Crippen LogP contribution is -2.41. The first-order chi connectivity index (χ1) is 3.72. The Labute approximate surface area is 45.9 Å². The van der Waals surface area contributed by atoms with Crippen LogP contribution >= 0.6 is 0 Å². The van der Waals surface area contributed by atoms with Crippen LogP contribution in [0.15, 0.2) is 0 Å². The molecule has 5 nitrogen and oxygen atoms in total. The van der Waals surface area contributed by atoms with E-state index >= 15 is 0 Å². The van der Waals surface area contributed by atoms with E-state index in [0.717, 1.165) is 0 Å². The zero-order valence-corrected chi connectivity index (χ0v) is 4.13. The number of nitrogens with one attached hydrogen (secondary N) is 1. The Morgan fingerprint density at radius 2 is 2.25 bits per heavy atom. The molecule has 5 heteroatoms. The Balaban J connectivity index is 2.56. The van der Waals surface area contributed by atoms with E-state index in [9.17, 15) is 4.79 Å². The average Bonchev–Trinajstić information content (AvgIpc) is 1.98. The summed E-state index contributed by atoms with van der Waals surface area (Å²) in [5, 5.41) is 0. The topological polar surface area (TPSA) is 90.4 Å². The van der Waals surface area contributed by atoms with Crippen molar-refractivity contribution in [2.45, 2.75) is 12.3 Å². The van der Waals surface area contributed by atoms with Gasteiger partial charge in [-0.3, -0.25) is 9.63 Å². The minimum Gasteiger partial charge on any atom is -0.316 e. The van der Waals surface area contributed by atoms with Crippen LogP contribution < -0.4 is 16.9 Å². The van der Waals surface area contributed by atoms with E-state index in [1.165, 1.54) is 0 Å². The van der Waals surface area contributed by atoms with Crippen molar-refractivity contribution >= 4 is 5.91 Å². The smallest absolute Gasteiger partial charge is 0.264 e. The normalized spacial score (nSPS) is 37.5. The van der Waals surface area contributed by atoms with Gasteiger partial charge in [0, 0.05) is 0 Å². The number of carbonyl (C=O) groups excluding carboxylic acids is 1. The summed E-state index contributed by atoms with van der Waals surface area (Å²) in [5.74, 6) is -0.363. The molecule has 1 saturated heterocycles. The zero-order chi connectivity index (χ0) is 6.15. The second-order valence-corrected chi connectivity index (χ2v) is 1.57. The van der Waals surface area contributed by atoms with Gasteiger partial charge in [-0.2, -0.15) is 0 Å². The molecule has 0 saturated carbocycles. The van der Waals surface area contributed by atoms with Crippen LogP contribution in [-0.4, -0.2) is 18.2 Å².